The number of hydrogen-bond donors (Lipinski definition) is 0. The van der Waals surface area contributed by atoms with Crippen molar-refractivity contribution in [2.75, 3.05) is 13.7 Å². The number of halogens is 1. The van der Waals surface area contributed by atoms with Crippen LogP contribution >= 0.6 is 28.5 Å². The Hall–Kier alpha value is -0.190. The zero-order valence-corrected chi connectivity index (χ0v) is 13.6. The lowest BCUT2D eigenvalue weighted by Crippen LogP contribution is -2.01. The van der Waals surface area contributed by atoms with Gasteiger partial charge in [0.15, 0.2) is 0 Å². The van der Waals surface area contributed by atoms with Crippen LogP contribution in [0.25, 0.3) is 0 Å². The Bertz CT molecular complexity index is 354. The first-order chi connectivity index (χ1) is 8.76. The molecule has 0 radical (unpaired) electrons. The highest BCUT2D eigenvalue weighted by molar-refractivity contribution is 14.2. The first-order valence-corrected chi connectivity index (χ1v) is 9.90. The first kappa shape index (κ1) is 15.9. The van der Waals surface area contributed by atoms with Gasteiger partial charge in [-0.15, -0.1) is 0 Å². The normalized spacial score (nSPS) is 11.0. The second-order valence-corrected chi connectivity index (χ2v) is 5.68. The van der Waals surface area contributed by atoms with E-state index in [0.29, 0.717) is 31.7 Å². The Labute approximate surface area is 123 Å². The molecule has 0 N–H and O–H groups in total. The van der Waals surface area contributed by atoms with Gasteiger partial charge in [0.05, 0.1) is 20.2 Å². The molecule has 0 amide bonds. The summed E-state index contributed by atoms with van der Waals surface area (Å²) in [7, 11) is 1.65. The highest BCUT2D eigenvalue weighted by atomic mass is 127. The molecule has 1 atom stereocenters. The third-order valence-corrected chi connectivity index (χ3v) is 3.86. The summed E-state index contributed by atoms with van der Waals surface area (Å²) in [6.07, 6.45) is 2.87. The highest BCUT2D eigenvalue weighted by Gasteiger charge is 2.03. The van der Waals surface area contributed by atoms with Crippen LogP contribution in [0.5, 0.6) is 5.75 Å². The van der Waals surface area contributed by atoms with E-state index in [1.54, 1.807) is 7.11 Å². The van der Waals surface area contributed by atoms with Gasteiger partial charge in [-0.25, -0.2) is 0 Å². The fourth-order valence-corrected chi connectivity index (χ4v) is 2.46. The number of ketones is 1. The van der Waals surface area contributed by atoms with Crippen LogP contribution in [0, 0.1) is 0 Å². The summed E-state index contributed by atoms with van der Waals surface area (Å²) in [4.78, 5) is 11.6. The molecule has 0 heterocycles. The van der Waals surface area contributed by atoms with Gasteiger partial charge in [0.1, 0.15) is 11.5 Å². The second-order valence-electron chi connectivity index (χ2n) is 3.92. The molecule has 0 fully saturated rings. The van der Waals surface area contributed by atoms with E-state index in [4.69, 9.17) is 9.26 Å². The zero-order valence-electron chi connectivity index (χ0n) is 10.4. The van der Waals surface area contributed by atoms with Crippen LogP contribution in [0.2, 0.25) is 0 Å². The van der Waals surface area contributed by atoms with Gasteiger partial charge in [-0.1, -0.05) is 12.1 Å². The van der Waals surface area contributed by atoms with Gasteiger partial charge in [0.2, 0.25) is 0 Å². The van der Waals surface area contributed by atoms with Crippen molar-refractivity contribution in [2.45, 2.75) is 25.7 Å². The van der Waals surface area contributed by atoms with Crippen LogP contribution in [0.15, 0.2) is 24.3 Å². The van der Waals surface area contributed by atoms with Gasteiger partial charge in [0, 0.05) is 12.8 Å². The minimum atomic E-state index is 0.311. The standard InChI is InChI=1S/C13H18IO3P/c1-16-13-8-5-11(6-9-13)4-7-12(15)3-2-10-17-18-14/h5-6,8-9,18H,2-4,7,10H2,1H3. The molecule has 100 valence electrons. The molecule has 3 nitrogen and oxygen atoms in total. The van der Waals surface area contributed by atoms with Gasteiger partial charge in [-0.05, 0) is 52.6 Å². The van der Waals surface area contributed by atoms with Gasteiger partial charge in [-0.2, -0.15) is 0 Å². The highest BCUT2D eigenvalue weighted by Crippen LogP contribution is 2.21. The third kappa shape index (κ3) is 6.66. The van der Waals surface area contributed by atoms with Crippen LogP contribution in [-0.4, -0.2) is 19.5 Å². The fourth-order valence-electron chi connectivity index (χ4n) is 1.58. The van der Waals surface area contributed by atoms with Crippen molar-refractivity contribution in [3.05, 3.63) is 29.8 Å². The summed E-state index contributed by atoms with van der Waals surface area (Å²) in [6.45, 7) is 1.18. The van der Waals surface area contributed by atoms with E-state index in [9.17, 15) is 4.79 Å². The van der Waals surface area contributed by atoms with E-state index in [1.165, 1.54) is 5.56 Å². The van der Waals surface area contributed by atoms with E-state index in [0.717, 1.165) is 18.6 Å². The molecule has 5 heteroatoms. The molecular weight excluding hydrogens is 362 g/mol. The van der Waals surface area contributed by atoms with E-state index in [2.05, 4.69) is 22.0 Å². The molecule has 0 bridgehead atoms. The number of hydrogen-bond acceptors (Lipinski definition) is 3. The van der Waals surface area contributed by atoms with Crippen molar-refractivity contribution >= 4 is 34.3 Å². The maximum absolute atomic E-state index is 11.6. The maximum atomic E-state index is 11.6. The van der Waals surface area contributed by atoms with Crippen LogP contribution in [0.3, 0.4) is 0 Å². The number of Topliss-reactive ketones (excluding diaryl/α,β-unsaturated/α-hetero) is 1. The maximum Gasteiger partial charge on any atom is 0.133 e. The summed E-state index contributed by atoms with van der Waals surface area (Å²) in [5.41, 5.74) is 1.18. The van der Waals surface area contributed by atoms with Crippen LogP contribution < -0.4 is 4.74 Å². The minimum Gasteiger partial charge on any atom is -0.497 e. The van der Waals surface area contributed by atoms with Gasteiger partial charge in [-0.3, -0.25) is 4.79 Å². The van der Waals surface area contributed by atoms with Gasteiger partial charge in [0.25, 0.3) is 0 Å². The molecule has 0 aromatic heterocycles. The molecule has 0 spiro atoms. The average Bonchev–Trinajstić information content (AvgIpc) is 2.42. The topological polar surface area (TPSA) is 35.5 Å². The van der Waals surface area contributed by atoms with E-state index < -0.39 is 0 Å². The number of carbonyl (C=O) groups excluding carboxylic acids is 1. The van der Waals surface area contributed by atoms with Gasteiger partial charge < -0.3 is 9.26 Å². The van der Waals surface area contributed by atoms with Crippen molar-refractivity contribution in [1.29, 1.82) is 0 Å². The van der Waals surface area contributed by atoms with Crippen molar-refractivity contribution in [1.82, 2.24) is 0 Å². The number of carbonyl (C=O) groups is 1. The largest absolute Gasteiger partial charge is 0.497 e. The Morgan fingerprint density at radius 3 is 2.61 bits per heavy atom. The zero-order chi connectivity index (χ0) is 13.2. The summed E-state index contributed by atoms with van der Waals surface area (Å²) in [5.74, 6) is 1.16. The van der Waals surface area contributed by atoms with Crippen molar-refractivity contribution in [3.63, 3.8) is 0 Å². The first-order valence-electron chi connectivity index (χ1n) is 5.88. The third-order valence-electron chi connectivity index (χ3n) is 2.61. The fraction of sp³-hybridized carbons (Fsp3) is 0.462. The van der Waals surface area contributed by atoms with E-state index >= 15 is 0 Å². The van der Waals surface area contributed by atoms with Crippen molar-refractivity contribution < 1.29 is 14.1 Å². The molecule has 1 aromatic rings. The molecule has 0 saturated carbocycles. The lowest BCUT2D eigenvalue weighted by molar-refractivity contribution is -0.119. The monoisotopic (exact) mass is 380 g/mol. The predicted molar refractivity (Wildman–Crippen MR) is 83.8 cm³/mol. The molecule has 0 aliphatic heterocycles. The number of ether oxygens (including phenoxy) is 1. The Morgan fingerprint density at radius 1 is 1.28 bits per heavy atom. The van der Waals surface area contributed by atoms with E-state index in [-0.39, 0.29) is 0 Å². The molecule has 0 aliphatic carbocycles. The number of rotatable bonds is 9. The Balaban J connectivity index is 2.20. The molecule has 0 aliphatic rings. The van der Waals surface area contributed by atoms with Gasteiger partial charge >= 0.3 is 0 Å². The molecule has 18 heavy (non-hydrogen) atoms. The van der Waals surface area contributed by atoms with E-state index in [1.807, 2.05) is 24.3 Å². The van der Waals surface area contributed by atoms with Crippen molar-refractivity contribution in [3.8, 4) is 5.75 Å². The predicted octanol–water partition coefficient (Wildman–Crippen LogP) is 3.94. The summed E-state index contributed by atoms with van der Waals surface area (Å²) in [6, 6.07) is 7.86. The van der Waals surface area contributed by atoms with Crippen LogP contribution in [-0.2, 0) is 15.7 Å². The summed E-state index contributed by atoms with van der Waals surface area (Å²) >= 11 is 2.18. The number of benzene rings is 1. The van der Waals surface area contributed by atoms with Crippen LogP contribution in [0.4, 0.5) is 0 Å². The quantitative estimate of drug-likeness (QED) is 0.370. The van der Waals surface area contributed by atoms with Crippen LogP contribution in [0.1, 0.15) is 24.8 Å². The molecule has 0 saturated heterocycles. The summed E-state index contributed by atoms with van der Waals surface area (Å²) in [5, 5.41) is 0. The number of aryl methyl sites for hydroxylation is 1. The van der Waals surface area contributed by atoms with Crippen molar-refractivity contribution in [2.24, 2.45) is 0 Å². The Morgan fingerprint density at radius 2 is 2.00 bits per heavy atom. The molecule has 1 unspecified atom stereocenters. The number of methoxy groups -OCH3 is 1. The minimum absolute atomic E-state index is 0.311. The molecule has 1 aromatic carbocycles. The Kier molecular flexibility index (Phi) is 8.55. The lowest BCUT2D eigenvalue weighted by atomic mass is 10.1. The smallest absolute Gasteiger partial charge is 0.133 e. The molecule has 1 rings (SSSR count). The summed E-state index contributed by atoms with van der Waals surface area (Å²) < 4.78 is 10.3. The molecular formula is C13H18IO3P. The average molecular weight is 380 g/mol. The second kappa shape index (κ2) is 9.70. The lowest BCUT2D eigenvalue weighted by Gasteiger charge is -2.03. The SMILES string of the molecule is COc1ccc(CCC(=O)CCCOPI)cc1.